The number of allylic oxidation sites excluding steroid dienone is 4. The molecule has 1 heteroatoms. The molecule has 0 aliphatic carbocycles. The molecule has 0 fully saturated rings. The SMILES string of the molecule is C/C=C/C=C/CCCC(C)O. The van der Waals surface area contributed by atoms with Crippen molar-refractivity contribution in [2.75, 3.05) is 0 Å². The van der Waals surface area contributed by atoms with Gasteiger partial charge in [0.1, 0.15) is 0 Å². The van der Waals surface area contributed by atoms with Gasteiger partial charge in [0, 0.05) is 0 Å². The van der Waals surface area contributed by atoms with Crippen LogP contribution < -0.4 is 0 Å². The van der Waals surface area contributed by atoms with Crippen LogP contribution in [0, 0.1) is 0 Å². The molecule has 1 unspecified atom stereocenters. The molecule has 0 aliphatic rings. The number of aliphatic hydroxyl groups excluding tert-OH is 1. The second-order valence-electron chi connectivity index (χ2n) is 2.73. The Hall–Kier alpha value is -0.560. The van der Waals surface area contributed by atoms with E-state index in [1.165, 1.54) is 0 Å². The molecule has 1 nitrogen and oxygen atoms in total. The van der Waals surface area contributed by atoms with Crippen LogP contribution in [-0.2, 0) is 0 Å². The normalized spacial score (nSPS) is 14.8. The maximum absolute atomic E-state index is 8.92. The molecule has 0 amide bonds. The number of hydrogen-bond acceptors (Lipinski definition) is 1. The highest BCUT2D eigenvalue weighted by Crippen LogP contribution is 2.00. The third-order valence-electron chi connectivity index (χ3n) is 1.43. The Kier molecular flexibility index (Phi) is 7.16. The first-order valence-electron chi connectivity index (χ1n) is 4.23. The summed E-state index contributed by atoms with van der Waals surface area (Å²) in [5.41, 5.74) is 0. The van der Waals surface area contributed by atoms with Crippen LogP contribution in [0.15, 0.2) is 24.3 Å². The molecule has 0 aliphatic heterocycles. The molecule has 0 saturated heterocycles. The quantitative estimate of drug-likeness (QED) is 0.477. The highest BCUT2D eigenvalue weighted by molar-refractivity contribution is 5.00. The molecule has 0 aromatic heterocycles. The Morgan fingerprint density at radius 3 is 2.64 bits per heavy atom. The lowest BCUT2D eigenvalue weighted by atomic mass is 10.2. The highest BCUT2D eigenvalue weighted by atomic mass is 16.3. The van der Waals surface area contributed by atoms with Crippen molar-refractivity contribution in [2.24, 2.45) is 0 Å². The number of unbranched alkanes of at least 4 members (excludes halogenated alkanes) is 1. The number of hydrogen-bond donors (Lipinski definition) is 1. The van der Waals surface area contributed by atoms with Gasteiger partial charge in [0.15, 0.2) is 0 Å². The summed E-state index contributed by atoms with van der Waals surface area (Å²) in [4.78, 5) is 0. The van der Waals surface area contributed by atoms with Crippen LogP contribution in [-0.4, -0.2) is 11.2 Å². The fraction of sp³-hybridized carbons (Fsp3) is 0.600. The van der Waals surface area contributed by atoms with Gasteiger partial charge in [0.05, 0.1) is 6.10 Å². The summed E-state index contributed by atoms with van der Waals surface area (Å²) in [6, 6.07) is 0. The lowest BCUT2D eigenvalue weighted by Crippen LogP contribution is -1.97. The molecular weight excluding hydrogens is 136 g/mol. The second-order valence-corrected chi connectivity index (χ2v) is 2.73. The van der Waals surface area contributed by atoms with Gasteiger partial charge in [0.25, 0.3) is 0 Å². The van der Waals surface area contributed by atoms with Crippen LogP contribution in [0.1, 0.15) is 33.1 Å². The summed E-state index contributed by atoms with van der Waals surface area (Å²) in [6.45, 7) is 3.83. The third-order valence-corrected chi connectivity index (χ3v) is 1.43. The zero-order valence-electron chi connectivity index (χ0n) is 7.46. The first-order valence-corrected chi connectivity index (χ1v) is 4.23. The van der Waals surface area contributed by atoms with E-state index in [1.807, 2.05) is 32.1 Å². The van der Waals surface area contributed by atoms with Crippen LogP contribution in [0.2, 0.25) is 0 Å². The fourth-order valence-electron chi connectivity index (χ4n) is 0.817. The first-order chi connectivity index (χ1) is 5.27. The van der Waals surface area contributed by atoms with Crippen molar-refractivity contribution in [3.8, 4) is 0 Å². The summed E-state index contributed by atoms with van der Waals surface area (Å²) >= 11 is 0. The molecule has 1 atom stereocenters. The minimum absolute atomic E-state index is 0.148. The maximum Gasteiger partial charge on any atom is 0.0512 e. The van der Waals surface area contributed by atoms with Crippen LogP contribution in [0.4, 0.5) is 0 Å². The minimum Gasteiger partial charge on any atom is -0.393 e. The van der Waals surface area contributed by atoms with Gasteiger partial charge >= 0.3 is 0 Å². The fourth-order valence-corrected chi connectivity index (χ4v) is 0.817. The molecule has 0 rings (SSSR count). The molecule has 11 heavy (non-hydrogen) atoms. The molecule has 0 radical (unpaired) electrons. The van der Waals surface area contributed by atoms with E-state index < -0.39 is 0 Å². The largest absolute Gasteiger partial charge is 0.393 e. The first kappa shape index (κ1) is 10.4. The van der Waals surface area contributed by atoms with Gasteiger partial charge in [-0.2, -0.15) is 0 Å². The monoisotopic (exact) mass is 154 g/mol. The topological polar surface area (TPSA) is 20.2 Å². The van der Waals surface area contributed by atoms with E-state index in [0.29, 0.717) is 0 Å². The van der Waals surface area contributed by atoms with Crippen molar-refractivity contribution in [3.05, 3.63) is 24.3 Å². The molecule has 0 heterocycles. The summed E-state index contributed by atoms with van der Waals surface area (Å²) in [5, 5.41) is 8.92. The van der Waals surface area contributed by atoms with Crippen LogP contribution in [0.25, 0.3) is 0 Å². The predicted molar refractivity (Wildman–Crippen MR) is 49.5 cm³/mol. The lowest BCUT2D eigenvalue weighted by molar-refractivity contribution is 0.182. The van der Waals surface area contributed by atoms with Crippen molar-refractivity contribution in [3.63, 3.8) is 0 Å². The second kappa shape index (κ2) is 7.55. The van der Waals surface area contributed by atoms with Gasteiger partial charge in [-0.1, -0.05) is 24.3 Å². The van der Waals surface area contributed by atoms with Gasteiger partial charge in [-0.05, 0) is 33.1 Å². The van der Waals surface area contributed by atoms with Crippen LogP contribution in [0.3, 0.4) is 0 Å². The molecular formula is C10H18O. The lowest BCUT2D eigenvalue weighted by Gasteiger charge is -1.99. The predicted octanol–water partition coefficient (Wildman–Crippen LogP) is 2.67. The Balaban J connectivity index is 3.14. The van der Waals surface area contributed by atoms with Crippen molar-refractivity contribution < 1.29 is 5.11 Å². The Labute approximate surface area is 69.4 Å². The Bertz CT molecular complexity index is 123. The zero-order valence-corrected chi connectivity index (χ0v) is 7.46. The number of aliphatic hydroxyl groups is 1. The van der Waals surface area contributed by atoms with Gasteiger partial charge in [-0.25, -0.2) is 0 Å². The summed E-state index contributed by atoms with van der Waals surface area (Å²) in [6.07, 6.45) is 11.1. The molecule has 0 spiro atoms. The highest BCUT2D eigenvalue weighted by Gasteiger charge is 1.91. The van der Waals surface area contributed by atoms with Crippen molar-refractivity contribution in [2.45, 2.75) is 39.2 Å². The standard InChI is InChI=1S/C10H18O/c1-3-4-5-6-7-8-9-10(2)11/h3-6,10-11H,7-9H2,1-2H3/b4-3+,6-5+. The molecule has 0 aromatic rings. The maximum atomic E-state index is 8.92. The van der Waals surface area contributed by atoms with E-state index in [4.69, 9.17) is 5.11 Å². The minimum atomic E-state index is -0.148. The average Bonchev–Trinajstić information content (AvgIpc) is 1.96. The van der Waals surface area contributed by atoms with E-state index >= 15 is 0 Å². The Morgan fingerprint density at radius 2 is 2.09 bits per heavy atom. The van der Waals surface area contributed by atoms with Crippen LogP contribution >= 0.6 is 0 Å². The summed E-state index contributed by atoms with van der Waals surface area (Å²) < 4.78 is 0. The molecule has 0 bridgehead atoms. The van der Waals surface area contributed by atoms with E-state index in [-0.39, 0.29) is 6.10 Å². The molecule has 0 aromatic carbocycles. The van der Waals surface area contributed by atoms with Gasteiger partial charge in [-0.3, -0.25) is 0 Å². The van der Waals surface area contributed by atoms with Gasteiger partial charge in [-0.15, -0.1) is 0 Å². The van der Waals surface area contributed by atoms with Crippen LogP contribution in [0.5, 0.6) is 0 Å². The molecule has 1 N–H and O–H groups in total. The van der Waals surface area contributed by atoms with E-state index in [1.54, 1.807) is 0 Å². The van der Waals surface area contributed by atoms with Crippen molar-refractivity contribution >= 4 is 0 Å². The van der Waals surface area contributed by atoms with Gasteiger partial charge < -0.3 is 5.11 Å². The van der Waals surface area contributed by atoms with Crippen molar-refractivity contribution in [1.82, 2.24) is 0 Å². The van der Waals surface area contributed by atoms with Crippen molar-refractivity contribution in [1.29, 1.82) is 0 Å². The average molecular weight is 154 g/mol. The van der Waals surface area contributed by atoms with E-state index in [0.717, 1.165) is 19.3 Å². The van der Waals surface area contributed by atoms with Gasteiger partial charge in [0.2, 0.25) is 0 Å². The Morgan fingerprint density at radius 1 is 1.36 bits per heavy atom. The molecule has 0 saturated carbocycles. The number of rotatable bonds is 5. The van der Waals surface area contributed by atoms with E-state index in [9.17, 15) is 0 Å². The third kappa shape index (κ3) is 9.44. The summed E-state index contributed by atoms with van der Waals surface area (Å²) in [7, 11) is 0. The van der Waals surface area contributed by atoms with E-state index in [2.05, 4.69) is 6.08 Å². The molecule has 64 valence electrons. The summed E-state index contributed by atoms with van der Waals surface area (Å²) in [5.74, 6) is 0. The smallest absolute Gasteiger partial charge is 0.0512 e. The zero-order chi connectivity index (χ0) is 8.53.